The second kappa shape index (κ2) is 3.93. The maximum absolute atomic E-state index is 10.5. The number of hydrogen-bond acceptors (Lipinski definition) is 2. The minimum Gasteiger partial charge on any atom is -0.493 e. The number of ether oxygens (including phenoxy) is 1. The Morgan fingerprint density at radius 3 is 3.07 bits per heavy atom. The van der Waals surface area contributed by atoms with Crippen LogP contribution in [0.15, 0.2) is 12.1 Å². The maximum atomic E-state index is 10.5. The summed E-state index contributed by atoms with van der Waals surface area (Å²) in [7, 11) is 0. The molecular formula is C12H14O3. The number of carboxylic acid groups (broad SMARTS) is 1. The molecule has 0 atom stereocenters. The Kier molecular flexibility index (Phi) is 2.62. The smallest absolute Gasteiger partial charge is 0.303 e. The second-order valence-corrected chi connectivity index (χ2v) is 3.89. The Morgan fingerprint density at radius 1 is 1.53 bits per heavy atom. The molecule has 0 saturated heterocycles. The number of aliphatic carboxylic acids is 1. The van der Waals surface area contributed by atoms with Gasteiger partial charge in [-0.25, -0.2) is 0 Å². The van der Waals surface area contributed by atoms with Crippen molar-refractivity contribution in [2.24, 2.45) is 0 Å². The van der Waals surface area contributed by atoms with Crippen molar-refractivity contribution in [3.05, 3.63) is 28.8 Å². The average Bonchev–Trinajstić information content (AvgIpc) is 2.63. The fraction of sp³-hybridized carbons (Fsp3) is 0.417. The molecule has 3 heteroatoms. The van der Waals surface area contributed by atoms with Gasteiger partial charge in [0.05, 0.1) is 6.61 Å². The zero-order chi connectivity index (χ0) is 10.8. The SMILES string of the molecule is Cc1cc(CCC(=O)O)cc2c1OCC2. The molecule has 2 rings (SSSR count). The number of fused-ring (bicyclic) bond motifs is 1. The summed E-state index contributed by atoms with van der Waals surface area (Å²) in [6.07, 6.45) is 1.74. The van der Waals surface area contributed by atoms with E-state index in [2.05, 4.69) is 6.07 Å². The predicted molar refractivity (Wildman–Crippen MR) is 56.3 cm³/mol. The van der Waals surface area contributed by atoms with Crippen LogP contribution in [0.4, 0.5) is 0 Å². The lowest BCUT2D eigenvalue weighted by Gasteiger charge is -2.06. The van der Waals surface area contributed by atoms with Gasteiger partial charge in [0.25, 0.3) is 0 Å². The Hall–Kier alpha value is -1.51. The van der Waals surface area contributed by atoms with E-state index in [-0.39, 0.29) is 6.42 Å². The number of hydrogen-bond donors (Lipinski definition) is 1. The van der Waals surface area contributed by atoms with Crippen LogP contribution in [0.2, 0.25) is 0 Å². The Morgan fingerprint density at radius 2 is 2.33 bits per heavy atom. The molecule has 0 radical (unpaired) electrons. The van der Waals surface area contributed by atoms with E-state index >= 15 is 0 Å². The third-order valence-electron chi connectivity index (χ3n) is 2.66. The van der Waals surface area contributed by atoms with Crippen molar-refractivity contribution in [1.82, 2.24) is 0 Å². The van der Waals surface area contributed by atoms with E-state index in [1.807, 2.05) is 13.0 Å². The topological polar surface area (TPSA) is 46.5 Å². The van der Waals surface area contributed by atoms with Crippen LogP contribution in [0.3, 0.4) is 0 Å². The summed E-state index contributed by atoms with van der Waals surface area (Å²) >= 11 is 0. The molecule has 1 N–H and O–H groups in total. The van der Waals surface area contributed by atoms with Crippen LogP contribution >= 0.6 is 0 Å². The van der Waals surface area contributed by atoms with Crippen molar-refractivity contribution < 1.29 is 14.6 Å². The van der Waals surface area contributed by atoms with Crippen LogP contribution < -0.4 is 4.74 Å². The lowest BCUT2D eigenvalue weighted by molar-refractivity contribution is -0.136. The third-order valence-corrected chi connectivity index (χ3v) is 2.66. The maximum Gasteiger partial charge on any atom is 0.303 e. The van der Waals surface area contributed by atoms with Crippen LogP contribution in [0, 0.1) is 6.92 Å². The van der Waals surface area contributed by atoms with E-state index in [9.17, 15) is 4.79 Å². The summed E-state index contributed by atoms with van der Waals surface area (Å²) in [5, 5.41) is 8.61. The first-order valence-corrected chi connectivity index (χ1v) is 5.14. The summed E-state index contributed by atoms with van der Waals surface area (Å²) < 4.78 is 5.49. The van der Waals surface area contributed by atoms with Gasteiger partial charge in [-0.3, -0.25) is 4.79 Å². The van der Waals surface area contributed by atoms with Gasteiger partial charge in [-0.15, -0.1) is 0 Å². The third kappa shape index (κ3) is 2.12. The van der Waals surface area contributed by atoms with E-state index in [4.69, 9.17) is 9.84 Å². The standard InChI is InChI=1S/C12H14O3/c1-8-6-9(2-3-11(13)14)7-10-4-5-15-12(8)10/h6-7H,2-5H2,1H3,(H,13,14). The van der Waals surface area contributed by atoms with Gasteiger partial charge in [-0.05, 0) is 30.0 Å². The molecule has 0 aromatic heterocycles. The van der Waals surface area contributed by atoms with Crippen molar-refractivity contribution in [2.75, 3.05) is 6.61 Å². The van der Waals surface area contributed by atoms with Crippen LogP contribution in [0.5, 0.6) is 5.75 Å². The molecule has 1 aliphatic heterocycles. The minimum absolute atomic E-state index is 0.194. The summed E-state index contributed by atoms with van der Waals surface area (Å²) in [5.41, 5.74) is 3.43. The summed E-state index contributed by atoms with van der Waals surface area (Å²) in [5.74, 6) is 0.249. The molecule has 1 aliphatic rings. The van der Waals surface area contributed by atoms with Crippen molar-refractivity contribution in [3.8, 4) is 5.75 Å². The Bertz CT molecular complexity index is 396. The zero-order valence-corrected chi connectivity index (χ0v) is 8.75. The number of aryl methyl sites for hydroxylation is 2. The molecular weight excluding hydrogens is 192 g/mol. The molecule has 15 heavy (non-hydrogen) atoms. The molecule has 0 fully saturated rings. The largest absolute Gasteiger partial charge is 0.493 e. The molecule has 0 saturated carbocycles. The fourth-order valence-corrected chi connectivity index (χ4v) is 1.98. The first-order chi connectivity index (χ1) is 7.16. The van der Waals surface area contributed by atoms with E-state index in [1.54, 1.807) is 0 Å². The number of carbonyl (C=O) groups is 1. The average molecular weight is 206 g/mol. The van der Waals surface area contributed by atoms with Crippen molar-refractivity contribution in [2.45, 2.75) is 26.2 Å². The normalized spacial score (nSPS) is 13.4. The molecule has 1 aromatic carbocycles. The van der Waals surface area contributed by atoms with Crippen molar-refractivity contribution in [3.63, 3.8) is 0 Å². The lowest BCUT2D eigenvalue weighted by Crippen LogP contribution is -1.98. The van der Waals surface area contributed by atoms with Crippen LogP contribution in [-0.4, -0.2) is 17.7 Å². The van der Waals surface area contributed by atoms with Gasteiger partial charge in [0.15, 0.2) is 0 Å². The predicted octanol–water partition coefficient (Wildman–Crippen LogP) is 1.95. The van der Waals surface area contributed by atoms with Gasteiger partial charge in [0.2, 0.25) is 0 Å². The molecule has 0 spiro atoms. The number of carboxylic acids is 1. The van der Waals surface area contributed by atoms with Crippen molar-refractivity contribution >= 4 is 5.97 Å². The van der Waals surface area contributed by atoms with Crippen LogP contribution in [-0.2, 0) is 17.6 Å². The molecule has 1 aromatic rings. The van der Waals surface area contributed by atoms with E-state index < -0.39 is 5.97 Å². The molecule has 0 amide bonds. The molecule has 0 bridgehead atoms. The molecule has 0 aliphatic carbocycles. The van der Waals surface area contributed by atoms with E-state index in [1.165, 1.54) is 5.56 Å². The molecule has 80 valence electrons. The van der Waals surface area contributed by atoms with E-state index in [0.29, 0.717) is 6.42 Å². The molecule has 0 unspecified atom stereocenters. The highest BCUT2D eigenvalue weighted by Crippen LogP contribution is 2.30. The van der Waals surface area contributed by atoms with Gasteiger partial charge in [0, 0.05) is 12.8 Å². The fourth-order valence-electron chi connectivity index (χ4n) is 1.98. The second-order valence-electron chi connectivity index (χ2n) is 3.89. The quantitative estimate of drug-likeness (QED) is 0.822. The summed E-state index contributed by atoms with van der Waals surface area (Å²) in [6.45, 7) is 2.76. The highest BCUT2D eigenvalue weighted by molar-refractivity contribution is 5.67. The monoisotopic (exact) mass is 206 g/mol. The first kappa shape index (κ1) is 10.0. The van der Waals surface area contributed by atoms with Crippen LogP contribution in [0.1, 0.15) is 23.1 Å². The van der Waals surface area contributed by atoms with Crippen molar-refractivity contribution in [1.29, 1.82) is 0 Å². The molecule has 1 heterocycles. The van der Waals surface area contributed by atoms with Gasteiger partial charge in [-0.1, -0.05) is 12.1 Å². The lowest BCUT2D eigenvalue weighted by atomic mass is 10.0. The summed E-state index contributed by atoms with van der Waals surface area (Å²) in [4.78, 5) is 10.5. The van der Waals surface area contributed by atoms with Gasteiger partial charge in [-0.2, -0.15) is 0 Å². The zero-order valence-electron chi connectivity index (χ0n) is 8.75. The van der Waals surface area contributed by atoms with Gasteiger partial charge in [0.1, 0.15) is 5.75 Å². The number of benzene rings is 1. The first-order valence-electron chi connectivity index (χ1n) is 5.14. The summed E-state index contributed by atoms with van der Waals surface area (Å²) in [6, 6.07) is 4.09. The van der Waals surface area contributed by atoms with E-state index in [0.717, 1.165) is 29.9 Å². The Balaban J connectivity index is 2.20. The highest BCUT2D eigenvalue weighted by Gasteiger charge is 2.15. The van der Waals surface area contributed by atoms with Gasteiger partial charge < -0.3 is 9.84 Å². The molecule has 3 nitrogen and oxygen atoms in total. The van der Waals surface area contributed by atoms with Gasteiger partial charge >= 0.3 is 5.97 Å². The van der Waals surface area contributed by atoms with Crippen LogP contribution in [0.25, 0.3) is 0 Å². The minimum atomic E-state index is -0.746. The highest BCUT2D eigenvalue weighted by atomic mass is 16.5. The number of rotatable bonds is 3. The Labute approximate surface area is 88.7 Å².